The van der Waals surface area contributed by atoms with E-state index in [0.717, 1.165) is 5.56 Å². The lowest BCUT2D eigenvalue weighted by molar-refractivity contribution is 0.0368. The van der Waals surface area contributed by atoms with Crippen LogP contribution in [0.2, 0.25) is 0 Å². The lowest BCUT2D eigenvalue weighted by Crippen LogP contribution is -2.39. The number of nitrogens with zero attached hydrogens (tertiary/aromatic N) is 3. The Morgan fingerprint density at radius 1 is 1.04 bits per heavy atom. The molecule has 4 rings (SSSR count). The van der Waals surface area contributed by atoms with Crippen LogP contribution in [0.3, 0.4) is 0 Å². The van der Waals surface area contributed by atoms with Crippen LogP contribution in [0.5, 0.6) is 0 Å². The molecule has 1 aliphatic heterocycles. The zero-order chi connectivity index (χ0) is 16.4. The van der Waals surface area contributed by atoms with Crippen molar-refractivity contribution in [3.63, 3.8) is 0 Å². The van der Waals surface area contributed by atoms with Crippen LogP contribution in [0.1, 0.15) is 11.7 Å². The molecule has 0 bridgehead atoms. The molecule has 24 heavy (non-hydrogen) atoms. The van der Waals surface area contributed by atoms with E-state index in [4.69, 9.17) is 9.26 Å². The molecule has 1 saturated heterocycles. The summed E-state index contributed by atoms with van der Waals surface area (Å²) < 4.78 is 25.1. The van der Waals surface area contributed by atoms with E-state index in [1.54, 1.807) is 12.1 Å². The molecule has 1 atom stereocenters. The van der Waals surface area contributed by atoms with Crippen molar-refractivity contribution in [1.82, 2.24) is 10.1 Å². The lowest BCUT2D eigenvalue weighted by atomic mass is 10.1. The van der Waals surface area contributed by atoms with E-state index >= 15 is 0 Å². The summed E-state index contributed by atoms with van der Waals surface area (Å²) in [4.78, 5) is 6.41. The maximum Gasteiger partial charge on any atom is 0.266 e. The van der Waals surface area contributed by atoms with Crippen molar-refractivity contribution < 1.29 is 13.7 Å². The first-order valence-corrected chi connectivity index (χ1v) is 7.81. The van der Waals surface area contributed by atoms with Gasteiger partial charge in [0.05, 0.1) is 13.2 Å². The van der Waals surface area contributed by atoms with Crippen LogP contribution < -0.4 is 4.90 Å². The van der Waals surface area contributed by atoms with Gasteiger partial charge < -0.3 is 14.2 Å². The second-order valence-corrected chi connectivity index (χ2v) is 5.59. The van der Waals surface area contributed by atoms with Gasteiger partial charge in [0.1, 0.15) is 11.9 Å². The topological polar surface area (TPSA) is 51.4 Å². The van der Waals surface area contributed by atoms with Gasteiger partial charge in [0, 0.05) is 17.7 Å². The van der Waals surface area contributed by atoms with Gasteiger partial charge in [-0.3, -0.25) is 0 Å². The molecule has 1 aliphatic rings. The molecule has 0 N–H and O–H groups in total. The van der Waals surface area contributed by atoms with E-state index in [1.165, 1.54) is 6.07 Å². The zero-order valence-corrected chi connectivity index (χ0v) is 12.9. The van der Waals surface area contributed by atoms with Gasteiger partial charge in [-0.2, -0.15) is 4.98 Å². The number of aromatic nitrogens is 2. The van der Waals surface area contributed by atoms with Gasteiger partial charge in [0.2, 0.25) is 0 Å². The van der Waals surface area contributed by atoms with Crippen LogP contribution in [-0.4, -0.2) is 29.8 Å². The smallest absolute Gasteiger partial charge is 0.266 e. The maximum absolute atomic E-state index is 14.0. The van der Waals surface area contributed by atoms with Gasteiger partial charge in [0.25, 0.3) is 11.8 Å². The monoisotopic (exact) mass is 325 g/mol. The van der Waals surface area contributed by atoms with Crippen LogP contribution in [0.25, 0.3) is 11.5 Å². The van der Waals surface area contributed by atoms with Gasteiger partial charge in [-0.15, -0.1) is 0 Å². The third-order valence-corrected chi connectivity index (χ3v) is 4.04. The summed E-state index contributed by atoms with van der Waals surface area (Å²) in [6.07, 6.45) is -0.348. The summed E-state index contributed by atoms with van der Waals surface area (Å²) in [5.74, 6) is 0.709. The van der Waals surface area contributed by atoms with Gasteiger partial charge in [-0.05, 0) is 23.4 Å². The number of anilines is 1. The minimum Gasteiger partial charge on any atom is -0.370 e. The molecule has 1 fully saturated rings. The van der Waals surface area contributed by atoms with Crippen molar-refractivity contribution in [2.75, 3.05) is 24.6 Å². The number of morpholine rings is 1. The first-order chi connectivity index (χ1) is 11.8. The predicted octanol–water partition coefficient (Wildman–Crippen LogP) is 3.45. The molecular formula is C18H16FN3O2. The average Bonchev–Trinajstić information content (AvgIpc) is 3.13. The van der Waals surface area contributed by atoms with Crippen LogP contribution in [0, 0.1) is 5.82 Å². The molecule has 0 aliphatic carbocycles. The van der Waals surface area contributed by atoms with E-state index in [-0.39, 0.29) is 11.9 Å². The highest BCUT2D eigenvalue weighted by Crippen LogP contribution is 2.27. The zero-order valence-electron chi connectivity index (χ0n) is 12.9. The van der Waals surface area contributed by atoms with E-state index in [2.05, 4.69) is 10.1 Å². The highest BCUT2D eigenvalue weighted by Gasteiger charge is 2.27. The van der Waals surface area contributed by atoms with Gasteiger partial charge in [-0.25, -0.2) is 4.39 Å². The largest absolute Gasteiger partial charge is 0.370 e. The molecular weight excluding hydrogens is 309 g/mol. The molecule has 1 aromatic heterocycles. The van der Waals surface area contributed by atoms with Crippen molar-refractivity contribution in [3.8, 4) is 11.5 Å². The Hall–Kier alpha value is -2.73. The Labute approximate surface area is 138 Å². The molecule has 1 unspecified atom stereocenters. The SMILES string of the molecule is Fc1ccccc1C1CN(c2noc(-c3ccccc3)n2)CCO1. The quantitative estimate of drug-likeness (QED) is 0.738. The summed E-state index contributed by atoms with van der Waals surface area (Å²) in [6.45, 7) is 1.60. The lowest BCUT2D eigenvalue weighted by Gasteiger charge is -2.32. The van der Waals surface area contributed by atoms with Gasteiger partial charge >= 0.3 is 0 Å². The van der Waals surface area contributed by atoms with Gasteiger partial charge in [0.15, 0.2) is 0 Å². The number of halogens is 1. The molecule has 0 amide bonds. The highest BCUT2D eigenvalue weighted by molar-refractivity contribution is 5.54. The van der Waals surface area contributed by atoms with Gasteiger partial charge in [-0.1, -0.05) is 36.4 Å². The summed E-state index contributed by atoms with van der Waals surface area (Å²) in [5, 5.41) is 4.06. The molecule has 3 aromatic rings. The number of ether oxygens (including phenoxy) is 1. The Morgan fingerprint density at radius 3 is 2.67 bits per heavy atom. The average molecular weight is 325 g/mol. The fourth-order valence-corrected chi connectivity index (χ4v) is 2.80. The fraction of sp³-hybridized carbons (Fsp3) is 0.222. The second kappa shape index (κ2) is 6.41. The normalized spacial score (nSPS) is 17.9. The van der Waals surface area contributed by atoms with E-state index < -0.39 is 0 Å². The Kier molecular flexibility index (Phi) is 3.96. The fourth-order valence-electron chi connectivity index (χ4n) is 2.80. The summed E-state index contributed by atoms with van der Waals surface area (Å²) >= 11 is 0. The van der Waals surface area contributed by atoms with Crippen LogP contribution >= 0.6 is 0 Å². The van der Waals surface area contributed by atoms with E-state index in [0.29, 0.717) is 37.1 Å². The molecule has 122 valence electrons. The minimum absolute atomic E-state index is 0.262. The Balaban J connectivity index is 1.55. The predicted molar refractivity (Wildman–Crippen MR) is 87.0 cm³/mol. The first-order valence-electron chi connectivity index (χ1n) is 7.81. The van der Waals surface area contributed by atoms with E-state index in [1.807, 2.05) is 41.3 Å². The number of hydrogen-bond donors (Lipinski definition) is 0. The molecule has 0 radical (unpaired) electrons. The van der Waals surface area contributed by atoms with Crippen molar-refractivity contribution in [1.29, 1.82) is 0 Å². The van der Waals surface area contributed by atoms with Crippen molar-refractivity contribution >= 4 is 5.95 Å². The molecule has 2 heterocycles. The van der Waals surface area contributed by atoms with Crippen molar-refractivity contribution in [2.24, 2.45) is 0 Å². The maximum atomic E-state index is 14.0. The molecule has 0 spiro atoms. The van der Waals surface area contributed by atoms with Crippen LogP contribution in [0.15, 0.2) is 59.1 Å². The number of rotatable bonds is 3. The molecule has 2 aromatic carbocycles. The number of benzene rings is 2. The number of hydrogen-bond acceptors (Lipinski definition) is 5. The Morgan fingerprint density at radius 2 is 1.83 bits per heavy atom. The van der Waals surface area contributed by atoms with Crippen molar-refractivity contribution in [3.05, 3.63) is 66.0 Å². The first kappa shape index (κ1) is 14.8. The molecule has 6 heteroatoms. The third-order valence-electron chi connectivity index (χ3n) is 4.04. The summed E-state index contributed by atoms with van der Waals surface area (Å²) in [7, 11) is 0. The molecule has 5 nitrogen and oxygen atoms in total. The van der Waals surface area contributed by atoms with Crippen molar-refractivity contribution in [2.45, 2.75) is 6.10 Å². The second-order valence-electron chi connectivity index (χ2n) is 5.59. The Bertz CT molecular complexity index is 822. The summed E-state index contributed by atoms with van der Waals surface area (Å²) in [6, 6.07) is 16.3. The minimum atomic E-state index is -0.348. The van der Waals surface area contributed by atoms with Crippen LogP contribution in [0.4, 0.5) is 10.3 Å². The molecule has 0 saturated carbocycles. The van der Waals surface area contributed by atoms with Crippen LogP contribution in [-0.2, 0) is 4.74 Å². The standard InChI is InChI=1S/C18H16FN3O2/c19-15-9-5-4-8-14(15)16-12-22(10-11-23-16)18-20-17(24-21-18)13-6-2-1-3-7-13/h1-9,16H,10-12H2. The summed E-state index contributed by atoms with van der Waals surface area (Å²) in [5.41, 5.74) is 1.42. The highest BCUT2D eigenvalue weighted by atomic mass is 19.1. The third kappa shape index (κ3) is 2.88. The van der Waals surface area contributed by atoms with E-state index in [9.17, 15) is 4.39 Å².